The quantitative estimate of drug-likeness (QED) is 0.490. The van der Waals surface area contributed by atoms with Crippen molar-refractivity contribution in [2.45, 2.75) is 18.6 Å². The number of carbonyl (C=O) groups excluding carboxylic acids is 1. The largest absolute Gasteiger partial charge is 0.369 e. The summed E-state index contributed by atoms with van der Waals surface area (Å²) in [7, 11) is 0. The molecule has 1 aromatic heterocycles. The number of amides is 1. The van der Waals surface area contributed by atoms with Gasteiger partial charge in [0.15, 0.2) is 5.16 Å². The lowest BCUT2D eigenvalue weighted by Gasteiger charge is -2.10. The third-order valence-electron chi connectivity index (χ3n) is 2.54. The number of nitrogens with two attached hydrogens (primary N) is 1. The zero-order valence-corrected chi connectivity index (χ0v) is 13.2. The number of rotatable bonds is 4. The number of carbonyl (C=O) groups is 1. The highest BCUT2D eigenvalue weighted by Gasteiger charge is 2.11. The van der Waals surface area contributed by atoms with Gasteiger partial charge in [0.2, 0.25) is 5.91 Å². The van der Waals surface area contributed by atoms with E-state index in [1.54, 1.807) is 4.57 Å². The first kappa shape index (κ1) is 14.3. The molecule has 2 aromatic rings. The second kappa shape index (κ2) is 5.91. The predicted octanol–water partition coefficient (Wildman–Crippen LogP) is 1.60. The van der Waals surface area contributed by atoms with Crippen molar-refractivity contribution in [3.05, 3.63) is 32.1 Å². The number of hydrogen-bond donors (Lipinski definition) is 1. The highest BCUT2D eigenvalue weighted by molar-refractivity contribution is 14.1. The van der Waals surface area contributed by atoms with Crippen molar-refractivity contribution in [1.29, 1.82) is 0 Å². The van der Waals surface area contributed by atoms with Crippen molar-refractivity contribution in [3.8, 4) is 0 Å². The van der Waals surface area contributed by atoms with E-state index in [1.807, 2.05) is 25.1 Å². The predicted molar refractivity (Wildman–Crippen MR) is 84.3 cm³/mol. The molecule has 0 spiro atoms. The van der Waals surface area contributed by atoms with Gasteiger partial charge in [-0.05, 0) is 47.7 Å². The van der Waals surface area contributed by atoms with Crippen LogP contribution in [0, 0.1) is 3.57 Å². The molecule has 2 N–H and O–H groups in total. The summed E-state index contributed by atoms with van der Waals surface area (Å²) in [5, 5.41) is 1.12. The summed E-state index contributed by atoms with van der Waals surface area (Å²) in [6.45, 7) is 2.38. The average molecular weight is 389 g/mol. The molecule has 0 aliphatic heterocycles. The molecule has 100 valence electrons. The van der Waals surface area contributed by atoms with Crippen LogP contribution in [0.25, 0.3) is 10.9 Å². The standard InChI is InChI=1S/C12H12IN3O2S/c1-2-16-11(18)8-5-7(13)3-4-9(8)15-12(16)19-6-10(14)17/h3-5H,2,6H2,1H3,(H2,14,17). The van der Waals surface area contributed by atoms with Crippen molar-refractivity contribution in [2.75, 3.05) is 5.75 Å². The van der Waals surface area contributed by atoms with Gasteiger partial charge in [-0.2, -0.15) is 0 Å². The number of benzene rings is 1. The molecule has 1 amide bonds. The number of primary amides is 1. The third kappa shape index (κ3) is 3.08. The van der Waals surface area contributed by atoms with E-state index in [0.717, 1.165) is 3.57 Å². The van der Waals surface area contributed by atoms with E-state index in [9.17, 15) is 9.59 Å². The molecule has 19 heavy (non-hydrogen) atoms. The highest BCUT2D eigenvalue weighted by atomic mass is 127. The van der Waals surface area contributed by atoms with Crippen LogP contribution in [0.1, 0.15) is 6.92 Å². The molecule has 1 heterocycles. The molecule has 0 aliphatic rings. The van der Waals surface area contributed by atoms with Crippen LogP contribution >= 0.6 is 34.4 Å². The number of nitrogens with zero attached hydrogens (tertiary/aromatic N) is 2. The first-order chi connectivity index (χ1) is 9.02. The minimum absolute atomic E-state index is 0.0852. The van der Waals surface area contributed by atoms with Crippen LogP contribution in [-0.2, 0) is 11.3 Å². The van der Waals surface area contributed by atoms with Gasteiger partial charge in [-0.3, -0.25) is 14.2 Å². The fraction of sp³-hybridized carbons (Fsp3) is 0.250. The van der Waals surface area contributed by atoms with E-state index in [-0.39, 0.29) is 11.3 Å². The molecule has 7 heteroatoms. The van der Waals surface area contributed by atoms with Gasteiger partial charge in [0.1, 0.15) is 0 Å². The van der Waals surface area contributed by atoms with Gasteiger partial charge >= 0.3 is 0 Å². The molecule has 0 saturated carbocycles. The van der Waals surface area contributed by atoms with Crippen LogP contribution in [0.4, 0.5) is 0 Å². The Morgan fingerprint density at radius 2 is 2.26 bits per heavy atom. The number of hydrogen-bond acceptors (Lipinski definition) is 4. The SMILES string of the molecule is CCn1c(SCC(N)=O)nc2ccc(I)cc2c1=O. The highest BCUT2D eigenvalue weighted by Crippen LogP contribution is 2.18. The number of halogens is 1. The van der Waals surface area contributed by atoms with Crippen LogP contribution in [-0.4, -0.2) is 21.2 Å². The molecule has 0 fully saturated rings. The van der Waals surface area contributed by atoms with Crippen molar-refractivity contribution < 1.29 is 4.79 Å². The maximum atomic E-state index is 12.4. The molecule has 5 nitrogen and oxygen atoms in total. The lowest BCUT2D eigenvalue weighted by molar-refractivity contribution is -0.115. The van der Waals surface area contributed by atoms with E-state index in [2.05, 4.69) is 27.6 Å². The Bertz CT molecular complexity index is 699. The Balaban J connectivity index is 2.61. The van der Waals surface area contributed by atoms with E-state index >= 15 is 0 Å². The monoisotopic (exact) mass is 389 g/mol. The summed E-state index contributed by atoms with van der Waals surface area (Å²) in [5.74, 6) is -0.313. The topological polar surface area (TPSA) is 78.0 Å². The lowest BCUT2D eigenvalue weighted by Crippen LogP contribution is -2.23. The zero-order valence-electron chi connectivity index (χ0n) is 10.2. The van der Waals surface area contributed by atoms with E-state index in [4.69, 9.17) is 5.73 Å². The number of thioether (sulfide) groups is 1. The minimum Gasteiger partial charge on any atom is -0.369 e. The Hall–Kier alpha value is -1.09. The Kier molecular flexibility index (Phi) is 4.46. The summed E-state index contributed by atoms with van der Waals surface area (Å²) in [4.78, 5) is 27.7. The van der Waals surface area contributed by atoms with Gasteiger partial charge in [0.25, 0.3) is 5.56 Å². The number of fused-ring (bicyclic) bond motifs is 1. The molecule has 0 radical (unpaired) electrons. The summed E-state index contributed by atoms with van der Waals surface area (Å²) in [6.07, 6.45) is 0. The number of aromatic nitrogens is 2. The van der Waals surface area contributed by atoms with Crippen molar-refractivity contribution >= 4 is 51.2 Å². The van der Waals surface area contributed by atoms with Gasteiger partial charge in [-0.15, -0.1) is 0 Å². The molecule has 0 bridgehead atoms. The summed E-state index contributed by atoms with van der Waals surface area (Å²) in [6, 6.07) is 5.53. The van der Waals surface area contributed by atoms with Gasteiger partial charge in [0, 0.05) is 10.1 Å². The second-order valence-corrected chi connectivity index (χ2v) is 6.05. The minimum atomic E-state index is -0.426. The van der Waals surface area contributed by atoms with E-state index < -0.39 is 5.91 Å². The van der Waals surface area contributed by atoms with E-state index in [1.165, 1.54) is 11.8 Å². The molecule has 1 aromatic carbocycles. The van der Waals surface area contributed by atoms with Gasteiger partial charge in [-0.25, -0.2) is 4.98 Å². The molecule has 0 unspecified atom stereocenters. The molecular weight excluding hydrogens is 377 g/mol. The van der Waals surface area contributed by atoms with E-state index in [0.29, 0.717) is 22.6 Å². The lowest BCUT2D eigenvalue weighted by atomic mass is 10.2. The first-order valence-corrected chi connectivity index (χ1v) is 7.70. The molecular formula is C12H12IN3O2S. The van der Waals surface area contributed by atoms with Crippen LogP contribution < -0.4 is 11.3 Å². The molecule has 0 saturated heterocycles. The zero-order chi connectivity index (χ0) is 14.0. The second-order valence-electron chi connectivity index (χ2n) is 3.86. The fourth-order valence-corrected chi connectivity index (χ4v) is 2.99. The molecule has 0 aliphatic carbocycles. The summed E-state index contributed by atoms with van der Waals surface area (Å²) in [5.41, 5.74) is 5.68. The van der Waals surface area contributed by atoms with Crippen molar-refractivity contribution in [2.24, 2.45) is 5.73 Å². The van der Waals surface area contributed by atoms with Gasteiger partial charge in [-0.1, -0.05) is 11.8 Å². The van der Waals surface area contributed by atoms with Gasteiger partial charge in [0.05, 0.1) is 16.7 Å². The fourth-order valence-electron chi connectivity index (χ4n) is 1.70. The smallest absolute Gasteiger partial charge is 0.262 e. The maximum Gasteiger partial charge on any atom is 0.262 e. The van der Waals surface area contributed by atoms with Gasteiger partial charge < -0.3 is 5.73 Å². The average Bonchev–Trinajstić information content (AvgIpc) is 2.37. The molecule has 2 rings (SSSR count). The summed E-state index contributed by atoms with van der Waals surface area (Å²) >= 11 is 3.35. The Morgan fingerprint density at radius 3 is 2.89 bits per heavy atom. The van der Waals surface area contributed by atoms with Crippen LogP contribution in [0.2, 0.25) is 0 Å². The Morgan fingerprint density at radius 1 is 1.53 bits per heavy atom. The summed E-state index contributed by atoms with van der Waals surface area (Å²) < 4.78 is 2.55. The van der Waals surface area contributed by atoms with Crippen LogP contribution in [0.15, 0.2) is 28.2 Å². The van der Waals surface area contributed by atoms with Crippen molar-refractivity contribution in [1.82, 2.24) is 9.55 Å². The first-order valence-electron chi connectivity index (χ1n) is 5.64. The molecule has 0 atom stereocenters. The maximum absolute atomic E-state index is 12.4. The van der Waals surface area contributed by atoms with Crippen molar-refractivity contribution in [3.63, 3.8) is 0 Å². The normalized spacial score (nSPS) is 10.8. The van der Waals surface area contributed by atoms with Crippen LogP contribution in [0.5, 0.6) is 0 Å². The third-order valence-corrected chi connectivity index (χ3v) is 4.21. The van der Waals surface area contributed by atoms with Crippen LogP contribution in [0.3, 0.4) is 0 Å². The Labute approximate surface area is 127 Å².